The summed E-state index contributed by atoms with van der Waals surface area (Å²) in [4.78, 5) is 26.2. The molecule has 24 heavy (non-hydrogen) atoms. The first kappa shape index (κ1) is 16.8. The maximum Gasteiger partial charge on any atom is 0.256 e. The largest absolute Gasteiger partial charge is 0.372 e. The molecule has 4 nitrogen and oxygen atoms in total. The molecule has 1 aliphatic rings. The maximum atomic E-state index is 12.7. The van der Waals surface area contributed by atoms with Crippen LogP contribution >= 0.6 is 23.2 Å². The summed E-state index contributed by atoms with van der Waals surface area (Å²) in [6, 6.07) is 10.0. The first-order valence-electron chi connectivity index (χ1n) is 7.53. The fraction of sp³-hybridized carbons (Fsp3) is 0.222. The van der Waals surface area contributed by atoms with Crippen LogP contribution in [0.4, 0.5) is 11.4 Å². The number of nitrogens with one attached hydrogen (secondary N) is 1. The van der Waals surface area contributed by atoms with Gasteiger partial charge in [0.05, 0.1) is 27.8 Å². The monoisotopic (exact) mass is 362 g/mol. The van der Waals surface area contributed by atoms with E-state index in [4.69, 9.17) is 23.2 Å². The first-order chi connectivity index (χ1) is 11.4. The zero-order chi connectivity index (χ0) is 17.4. The number of halogens is 2. The molecule has 3 rings (SSSR count). The lowest BCUT2D eigenvalue weighted by Crippen LogP contribution is -2.34. The third-order valence-corrected chi connectivity index (χ3v) is 5.00. The lowest BCUT2D eigenvalue weighted by atomic mass is 10.1. The normalized spacial score (nSPS) is 17.5. The third-order valence-electron chi connectivity index (χ3n) is 4.18. The molecule has 0 unspecified atom stereocenters. The second kappa shape index (κ2) is 6.46. The van der Waals surface area contributed by atoms with Gasteiger partial charge in [-0.05, 0) is 49.2 Å². The minimum Gasteiger partial charge on any atom is -0.372 e. The number of hydrogen-bond donors (Lipinski definition) is 1. The summed E-state index contributed by atoms with van der Waals surface area (Å²) in [6.45, 7) is 3.93. The number of rotatable bonds is 3. The van der Waals surface area contributed by atoms with Crippen molar-refractivity contribution in [3.8, 4) is 0 Å². The molecule has 0 saturated carbocycles. The SMILES string of the molecule is Cc1ccc(N2C(=O)C[C@@H](Nc3cccc(Cl)c3Cl)C2=O)cc1C. The van der Waals surface area contributed by atoms with Gasteiger partial charge in [0.1, 0.15) is 6.04 Å². The van der Waals surface area contributed by atoms with E-state index in [1.165, 1.54) is 4.90 Å². The average molecular weight is 363 g/mol. The predicted molar refractivity (Wildman–Crippen MR) is 96.9 cm³/mol. The van der Waals surface area contributed by atoms with Crippen molar-refractivity contribution in [3.05, 3.63) is 57.6 Å². The highest BCUT2D eigenvalue weighted by molar-refractivity contribution is 6.43. The molecule has 1 atom stereocenters. The van der Waals surface area contributed by atoms with Crippen LogP contribution in [0.2, 0.25) is 10.0 Å². The van der Waals surface area contributed by atoms with E-state index < -0.39 is 6.04 Å². The van der Waals surface area contributed by atoms with Crippen molar-refractivity contribution in [2.45, 2.75) is 26.3 Å². The van der Waals surface area contributed by atoms with E-state index in [0.717, 1.165) is 11.1 Å². The van der Waals surface area contributed by atoms with Crippen molar-refractivity contribution < 1.29 is 9.59 Å². The fourth-order valence-electron chi connectivity index (χ4n) is 2.68. The molecule has 6 heteroatoms. The molecule has 1 N–H and O–H groups in total. The molecular weight excluding hydrogens is 347 g/mol. The number of amides is 2. The van der Waals surface area contributed by atoms with Gasteiger partial charge in [-0.2, -0.15) is 0 Å². The van der Waals surface area contributed by atoms with Gasteiger partial charge in [0.25, 0.3) is 5.91 Å². The summed E-state index contributed by atoms with van der Waals surface area (Å²) >= 11 is 12.1. The average Bonchev–Trinajstić information content (AvgIpc) is 2.81. The molecule has 2 amide bonds. The number of carbonyl (C=O) groups excluding carboxylic acids is 2. The molecule has 0 aliphatic carbocycles. The van der Waals surface area contributed by atoms with Crippen LogP contribution in [0.5, 0.6) is 0 Å². The molecule has 0 spiro atoms. The molecule has 124 valence electrons. The smallest absolute Gasteiger partial charge is 0.256 e. The van der Waals surface area contributed by atoms with Crippen LogP contribution in [0.3, 0.4) is 0 Å². The summed E-state index contributed by atoms with van der Waals surface area (Å²) in [5.41, 5.74) is 3.27. The molecule has 2 aromatic carbocycles. The molecule has 1 saturated heterocycles. The van der Waals surface area contributed by atoms with Gasteiger partial charge in [-0.15, -0.1) is 0 Å². The summed E-state index contributed by atoms with van der Waals surface area (Å²) in [6.07, 6.45) is 0.0780. The summed E-state index contributed by atoms with van der Waals surface area (Å²) in [5.74, 6) is -0.529. The summed E-state index contributed by atoms with van der Waals surface area (Å²) in [5, 5.41) is 3.76. The van der Waals surface area contributed by atoms with E-state index >= 15 is 0 Å². The van der Waals surface area contributed by atoms with Crippen LogP contribution in [-0.4, -0.2) is 17.9 Å². The second-order valence-corrected chi connectivity index (χ2v) is 6.62. The quantitative estimate of drug-likeness (QED) is 0.825. The zero-order valence-electron chi connectivity index (χ0n) is 13.3. The second-order valence-electron chi connectivity index (χ2n) is 5.84. The van der Waals surface area contributed by atoms with Crippen LogP contribution in [0, 0.1) is 13.8 Å². The number of imide groups is 1. The predicted octanol–water partition coefficient (Wildman–Crippen LogP) is 4.35. The molecule has 1 aliphatic heterocycles. The lowest BCUT2D eigenvalue weighted by Gasteiger charge is -2.17. The van der Waals surface area contributed by atoms with Gasteiger partial charge in [-0.3, -0.25) is 9.59 Å². The molecule has 0 radical (unpaired) electrons. The van der Waals surface area contributed by atoms with Crippen LogP contribution in [-0.2, 0) is 9.59 Å². The van der Waals surface area contributed by atoms with Gasteiger partial charge in [0.15, 0.2) is 0 Å². The van der Waals surface area contributed by atoms with Crippen LogP contribution in [0.15, 0.2) is 36.4 Å². The Balaban J connectivity index is 1.86. The Hall–Kier alpha value is -2.04. The molecule has 0 bridgehead atoms. The minimum absolute atomic E-state index is 0.0780. The summed E-state index contributed by atoms with van der Waals surface area (Å²) in [7, 11) is 0. The Morgan fingerprint density at radius 1 is 1.08 bits per heavy atom. The molecule has 0 aromatic heterocycles. The fourth-order valence-corrected chi connectivity index (χ4v) is 3.04. The van der Waals surface area contributed by atoms with Crippen molar-refractivity contribution in [1.82, 2.24) is 0 Å². The molecular formula is C18H16Cl2N2O2. The van der Waals surface area contributed by atoms with E-state index in [1.54, 1.807) is 24.3 Å². The maximum absolute atomic E-state index is 12.7. The Morgan fingerprint density at radius 2 is 1.83 bits per heavy atom. The van der Waals surface area contributed by atoms with E-state index in [-0.39, 0.29) is 18.2 Å². The minimum atomic E-state index is -0.657. The van der Waals surface area contributed by atoms with E-state index in [2.05, 4.69) is 5.32 Å². The van der Waals surface area contributed by atoms with E-state index in [1.807, 2.05) is 26.0 Å². The zero-order valence-corrected chi connectivity index (χ0v) is 14.8. The third kappa shape index (κ3) is 2.99. The van der Waals surface area contributed by atoms with Crippen LogP contribution in [0.1, 0.15) is 17.5 Å². The van der Waals surface area contributed by atoms with Crippen molar-refractivity contribution in [1.29, 1.82) is 0 Å². The Kier molecular flexibility index (Phi) is 4.52. The standard InChI is InChI=1S/C18H16Cl2N2O2/c1-10-6-7-12(8-11(10)2)22-16(23)9-15(18(22)24)21-14-5-3-4-13(19)17(14)20/h3-8,15,21H,9H2,1-2H3/t15-/m1/s1. The molecule has 1 heterocycles. The number of anilines is 2. The number of hydrogen-bond acceptors (Lipinski definition) is 3. The van der Waals surface area contributed by atoms with E-state index in [9.17, 15) is 9.59 Å². The van der Waals surface area contributed by atoms with Crippen LogP contribution < -0.4 is 10.2 Å². The van der Waals surface area contributed by atoms with E-state index in [0.29, 0.717) is 21.4 Å². The van der Waals surface area contributed by atoms with Gasteiger partial charge in [0.2, 0.25) is 5.91 Å². The number of nitrogens with zero attached hydrogens (tertiary/aromatic N) is 1. The Bertz CT molecular complexity index is 836. The topological polar surface area (TPSA) is 49.4 Å². The van der Waals surface area contributed by atoms with Crippen molar-refractivity contribution in [3.63, 3.8) is 0 Å². The number of aryl methyl sites for hydroxylation is 2. The number of carbonyl (C=O) groups is 2. The van der Waals surface area contributed by atoms with Crippen molar-refractivity contribution in [2.24, 2.45) is 0 Å². The lowest BCUT2D eigenvalue weighted by molar-refractivity contribution is -0.121. The highest BCUT2D eigenvalue weighted by Crippen LogP contribution is 2.32. The summed E-state index contributed by atoms with van der Waals surface area (Å²) < 4.78 is 0. The highest BCUT2D eigenvalue weighted by Gasteiger charge is 2.39. The van der Waals surface area contributed by atoms with Crippen molar-refractivity contribution in [2.75, 3.05) is 10.2 Å². The van der Waals surface area contributed by atoms with Gasteiger partial charge in [-0.1, -0.05) is 35.3 Å². The molecule has 2 aromatic rings. The van der Waals surface area contributed by atoms with Crippen molar-refractivity contribution >= 4 is 46.4 Å². The van der Waals surface area contributed by atoms with Gasteiger partial charge >= 0.3 is 0 Å². The van der Waals surface area contributed by atoms with Gasteiger partial charge in [0, 0.05) is 0 Å². The molecule has 1 fully saturated rings. The van der Waals surface area contributed by atoms with Gasteiger partial charge in [-0.25, -0.2) is 4.90 Å². The van der Waals surface area contributed by atoms with Crippen LogP contribution in [0.25, 0.3) is 0 Å². The Morgan fingerprint density at radius 3 is 2.54 bits per heavy atom. The first-order valence-corrected chi connectivity index (χ1v) is 8.28. The van der Waals surface area contributed by atoms with Gasteiger partial charge < -0.3 is 5.32 Å². The number of benzene rings is 2. The highest BCUT2D eigenvalue weighted by atomic mass is 35.5. The Labute approximate surface area is 150 Å².